The third-order valence-electron chi connectivity index (χ3n) is 2.13. The number of amides is 1. The van der Waals surface area contributed by atoms with Crippen molar-refractivity contribution in [2.45, 2.75) is 32.4 Å². The maximum absolute atomic E-state index is 11.7. The van der Waals surface area contributed by atoms with E-state index in [9.17, 15) is 14.7 Å². The Morgan fingerprint density at radius 2 is 2.18 bits per heavy atom. The van der Waals surface area contributed by atoms with Gasteiger partial charge >= 0.3 is 5.97 Å². The monoisotopic (exact) mass is 259 g/mol. The number of nitrogens with zero attached hydrogens (tertiary/aromatic N) is 2. The molecule has 1 aromatic rings. The van der Waals surface area contributed by atoms with E-state index in [4.69, 9.17) is 5.11 Å². The molecule has 0 aliphatic rings. The van der Waals surface area contributed by atoms with Crippen molar-refractivity contribution in [2.75, 3.05) is 0 Å². The second-order valence-electron chi connectivity index (χ2n) is 3.43. The van der Waals surface area contributed by atoms with Crippen LogP contribution in [0, 0.1) is 0 Å². The van der Waals surface area contributed by atoms with E-state index in [1.54, 1.807) is 0 Å². The summed E-state index contributed by atoms with van der Waals surface area (Å²) >= 11 is 0.900. The average Bonchev–Trinajstić information content (AvgIpc) is 2.72. The number of hydrogen-bond acceptors (Lipinski definition) is 6. The summed E-state index contributed by atoms with van der Waals surface area (Å²) in [6.07, 6.45) is -0.645. The van der Waals surface area contributed by atoms with Gasteiger partial charge < -0.3 is 15.5 Å². The van der Waals surface area contributed by atoms with Crippen molar-refractivity contribution < 1.29 is 19.8 Å². The summed E-state index contributed by atoms with van der Waals surface area (Å²) < 4.78 is 3.63. The van der Waals surface area contributed by atoms with Crippen LogP contribution in [0.5, 0.6) is 0 Å². The SMILES string of the molecule is CCc1nnsc1C(=O)N[C@H](C(=O)O)[C@@H](C)O. The second kappa shape index (κ2) is 5.69. The van der Waals surface area contributed by atoms with Crippen molar-refractivity contribution in [1.29, 1.82) is 0 Å². The first-order valence-electron chi connectivity index (χ1n) is 5.00. The van der Waals surface area contributed by atoms with Crippen LogP contribution in [0.3, 0.4) is 0 Å². The third-order valence-corrected chi connectivity index (χ3v) is 2.90. The lowest BCUT2D eigenvalue weighted by molar-refractivity contribution is -0.141. The zero-order chi connectivity index (χ0) is 13.0. The average molecular weight is 259 g/mol. The first kappa shape index (κ1) is 13.5. The van der Waals surface area contributed by atoms with Gasteiger partial charge in [0.25, 0.3) is 5.91 Å². The van der Waals surface area contributed by atoms with Crippen LogP contribution in [0.15, 0.2) is 0 Å². The summed E-state index contributed by atoms with van der Waals surface area (Å²) in [6.45, 7) is 3.11. The Bertz CT molecular complexity index is 418. The Hall–Kier alpha value is -1.54. The Balaban J connectivity index is 2.81. The van der Waals surface area contributed by atoms with Gasteiger partial charge in [-0.25, -0.2) is 4.79 Å². The smallest absolute Gasteiger partial charge is 0.328 e. The van der Waals surface area contributed by atoms with Crippen LogP contribution in [0.4, 0.5) is 0 Å². The van der Waals surface area contributed by atoms with Crippen LogP contribution in [0.2, 0.25) is 0 Å². The number of nitrogens with one attached hydrogen (secondary N) is 1. The molecule has 0 aliphatic heterocycles. The number of aliphatic hydroxyl groups is 1. The summed E-state index contributed by atoms with van der Waals surface area (Å²) in [4.78, 5) is 22.8. The summed E-state index contributed by atoms with van der Waals surface area (Å²) in [5, 5.41) is 24.0. The highest BCUT2D eigenvalue weighted by Gasteiger charge is 2.27. The van der Waals surface area contributed by atoms with E-state index >= 15 is 0 Å². The van der Waals surface area contributed by atoms with Crippen LogP contribution in [0.1, 0.15) is 29.2 Å². The molecule has 0 aliphatic carbocycles. The molecule has 7 nitrogen and oxygen atoms in total. The van der Waals surface area contributed by atoms with E-state index in [0.717, 1.165) is 11.5 Å². The normalized spacial score (nSPS) is 14.1. The van der Waals surface area contributed by atoms with E-state index in [1.807, 2.05) is 6.92 Å². The number of carbonyl (C=O) groups excluding carboxylic acids is 1. The van der Waals surface area contributed by atoms with Crippen molar-refractivity contribution in [3.05, 3.63) is 10.6 Å². The largest absolute Gasteiger partial charge is 0.480 e. The van der Waals surface area contributed by atoms with E-state index < -0.39 is 24.0 Å². The standard InChI is InChI=1S/C9H13N3O4S/c1-3-5-7(17-12-11-5)8(14)10-6(4(2)13)9(15)16/h4,6,13H,3H2,1-2H3,(H,10,14)(H,15,16)/t4-,6+/m1/s1. The molecule has 2 atom stereocenters. The highest BCUT2D eigenvalue weighted by atomic mass is 32.1. The molecule has 0 fully saturated rings. The molecular formula is C9H13N3O4S. The van der Waals surface area contributed by atoms with E-state index in [1.165, 1.54) is 6.92 Å². The lowest BCUT2D eigenvalue weighted by Gasteiger charge is -2.16. The van der Waals surface area contributed by atoms with Crippen LogP contribution >= 0.6 is 11.5 Å². The fourth-order valence-corrected chi connectivity index (χ4v) is 1.86. The van der Waals surface area contributed by atoms with Crippen molar-refractivity contribution >= 4 is 23.4 Å². The maximum atomic E-state index is 11.7. The van der Waals surface area contributed by atoms with Gasteiger partial charge in [-0.05, 0) is 24.9 Å². The van der Waals surface area contributed by atoms with Crippen molar-refractivity contribution in [1.82, 2.24) is 14.9 Å². The summed E-state index contributed by atoms with van der Waals surface area (Å²) in [7, 11) is 0. The molecule has 1 heterocycles. The summed E-state index contributed by atoms with van der Waals surface area (Å²) in [6, 6.07) is -1.34. The number of carboxylic acids is 1. The molecule has 0 bridgehead atoms. The first-order chi connectivity index (χ1) is 7.97. The highest BCUT2D eigenvalue weighted by Crippen LogP contribution is 2.11. The number of aliphatic hydroxyl groups excluding tert-OH is 1. The molecular weight excluding hydrogens is 246 g/mol. The zero-order valence-corrected chi connectivity index (χ0v) is 10.2. The van der Waals surface area contributed by atoms with Gasteiger partial charge in [-0.2, -0.15) is 0 Å². The number of carboxylic acid groups (broad SMARTS) is 1. The third kappa shape index (κ3) is 3.21. The van der Waals surface area contributed by atoms with E-state index in [2.05, 4.69) is 14.9 Å². The number of aliphatic carboxylic acids is 1. The minimum Gasteiger partial charge on any atom is -0.480 e. The van der Waals surface area contributed by atoms with Gasteiger partial charge in [0.2, 0.25) is 0 Å². The molecule has 0 unspecified atom stereocenters. The van der Waals surface area contributed by atoms with Gasteiger partial charge in [0.05, 0.1) is 11.8 Å². The summed E-state index contributed by atoms with van der Waals surface area (Å²) in [5.41, 5.74) is 0.516. The number of aryl methyl sites for hydroxylation is 1. The fraction of sp³-hybridized carbons (Fsp3) is 0.556. The fourth-order valence-electron chi connectivity index (χ4n) is 1.21. The van der Waals surface area contributed by atoms with Crippen molar-refractivity contribution in [3.63, 3.8) is 0 Å². The predicted octanol–water partition coefficient (Wildman–Crippen LogP) is -0.336. The number of hydrogen-bond donors (Lipinski definition) is 3. The Kier molecular flexibility index (Phi) is 4.53. The van der Waals surface area contributed by atoms with E-state index in [-0.39, 0.29) is 4.88 Å². The van der Waals surface area contributed by atoms with Gasteiger partial charge in [0.1, 0.15) is 4.88 Å². The molecule has 0 radical (unpaired) electrons. The molecule has 8 heteroatoms. The summed E-state index contributed by atoms with van der Waals surface area (Å²) in [5.74, 6) is -1.87. The van der Waals surface area contributed by atoms with Crippen LogP contribution < -0.4 is 5.32 Å². The van der Waals surface area contributed by atoms with Crippen molar-refractivity contribution in [2.24, 2.45) is 0 Å². The molecule has 1 aromatic heterocycles. The molecule has 0 spiro atoms. The first-order valence-corrected chi connectivity index (χ1v) is 5.77. The predicted molar refractivity (Wildman–Crippen MR) is 59.9 cm³/mol. The second-order valence-corrected chi connectivity index (χ2v) is 4.19. The lowest BCUT2D eigenvalue weighted by Crippen LogP contribution is -2.47. The number of carbonyl (C=O) groups is 2. The minimum atomic E-state index is -1.34. The number of aromatic nitrogens is 2. The van der Waals surface area contributed by atoms with Gasteiger partial charge in [-0.3, -0.25) is 4.79 Å². The van der Waals surface area contributed by atoms with Gasteiger partial charge in [-0.1, -0.05) is 11.4 Å². The van der Waals surface area contributed by atoms with Crippen molar-refractivity contribution in [3.8, 4) is 0 Å². The molecule has 0 saturated heterocycles. The number of rotatable bonds is 5. The Labute approximate surface area is 102 Å². The van der Waals surface area contributed by atoms with Crippen LogP contribution in [-0.2, 0) is 11.2 Å². The zero-order valence-electron chi connectivity index (χ0n) is 9.38. The molecule has 1 amide bonds. The molecule has 0 saturated carbocycles. The quantitative estimate of drug-likeness (QED) is 0.667. The molecule has 3 N–H and O–H groups in total. The minimum absolute atomic E-state index is 0.277. The Morgan fingerprint density at radius 1 is 1.53 bits per heavy atom. The molecule has 1 rings (SSSR count). The molecule has 17 heavy (non-hydrogen) atoms. The van der Waals surface area contributed by atoms with Gasteiger partial charge in [-0.15, -0.1) is 5.10 Å². The van der Waals surface area contributed by atoms with Crippen LogP contribution in [-0.4, -0.2) is 43.8 Å². The van der Waals surface area contributed by atoms with Gasteiger partial charge in [0.15, 0.2) is 6.04 Å². The topological polar surface area (TPSA) is 112 Å². The lowest BCUT2D eigenvalue weighted by atomic mass is 10.2. The Morgan fingerprint density at radius 3 is 2.65 bits per heavy atom. The maximum Gasteiger partial charge on any atom is 0.328 e. The molecule has 0 aromatic carbocycles. The molecule has 94 valence electrons. The van der Waals surface area contributed by atoms with Gasteiger partial charge in [0, 0.05) is 0 Å². The van der Waals surface area contributed by atoms with Crippen LogP contribution in [0.25, 0.3) is 0 Å². The van der Waals surface area contributed by atoms with E-state index in [0.29, 0.717) is 12.1 Å². The highest BCUT2D eigenvalue weighted by molar-refractivity contribution is 7.08.